The largest absolute Gasteiger partial charge is 0.492 e. The molecular formula is C20H26N4OS. The molecule has 1 fully saturated rings. The SMILES string of the molecule is CCc1nc2sc([C@@H](c3ccc(C(C)C)cc3)N3CCCC3)c(O)n2n1. The summed E-state index contributed by atoms with van der Waals surface area (Å²) in [6, 6.07) is 8.92. The van der Waals surface area contributed by atoms with Crippen molar-refractivity contribution in [2.75, 3.05) is 13.1 Å². The van der Waals surface area contributed by atoms with Crippen molar-refractivity contribution in [3.63, 3.8) is 0 Å². The van der Waals surface area contributed by atoms with Crippen LogP contribution in [0.25, 0.3) is 4.96 Å². The van der Waals surface area contributed by atoms with E-state index in [1.165, 1.54) is 24.0 Å². The summed E-state index contributed by atoms with van der Waals surface area (Å²) in [4.78, 5) is 8.73. The van der Waals surface area contributed by atoms with Gasteiger partial charge in [0.05, 0.1) is 10.9 Å². The lowest BCUT2D eigenvalue weighted by molar-refractivity contribution is 0.277. The molecule has 138 valence electrons. The minimum atomic E-state index is 0.0669. The normalized spacial score (nSPS) is 16.8. The second kappa shape index (κ2) is 7.00. The molecule has 1 aliphatic rings. The van der Waals surface area contributed by atoms with Crippen LogP contribution in [0.2, 0.25) is 0 Å². The number of thiazole rings is 1. The lowest BCUT2D eigenvalue weighted by atomic mass is 9.98. The van der Waals surface area contributed by atoms with Crippen LogP contribution in [0, 0.1) is 0 Å². The molecule has 6 heteroatoms. The van der Waals surface area contributed by atoms with Crippen LogP contribution in [0.5, 0.6) is 5.88 Å². The Labute approximate surface area is 158 Å². The molecule has 0 amide bonds. The molecule has 1 N–H and O–H groups in total. The van der Waals surface area contributed by atoms with Crippen molar-refractivity contribution in [2.45, 2.75) is 52.0 Å². The maximum atomic E-state index is 10.9. The number of fused-ring (bicyclic) bond motifs is 1. The second-order valence-electron chi connectivity index (χ2n) is 7.33. The van der Waals surface area contributed by atoms with Crippen LogP contribution in [0.4, 0.5) is 0 Å². The van der Waals surface area contributed by atoms with Gasteiger partial charge in [-0.25, -0.2) is 4.98 Å². The molecule has 2 aromatic heterocycles. The van der Waals surface area contributed by atoms with Crippen molar-refractivity contribution >= 4 is 16.3 Å². The summed E-state index contributed by atoms with van der Waals surface area (Å²) in [7, 11) is 0. The Morgan fingerprint density at radius 1 is 1.12 bits per heavy atom. The highest BCUT2D eigenvalue weighted by atomic mass is 32.1. The van der Waals surface area contributed by atoms with E-state index in [1.807, 2.05) is 6.92 Å². The monoisotopic (exact) mass is 370 g/mol. The van der Waals surface area contributed by atoms with Crippen molar-refractivity contribution in [2.24, 2.45) is 0 Å². The number of aromatic nitrogens is 3. The zero-order valence-corrected chi connectivity index (χ0v) is 16.5. The number of hydrogen-bond acceptors (Lipinski definition) is 5. The molecule has 1 atom stereocenters. The molecule has 0 radical (unpaired) electrons. The minimum absolute atomic E-state index is 0.0669. The zero-order valence-electron chi connectivity index (χ0n) is 15.6. The first-order valence-electron chi connectivity index (χ1n) is 9.49. The lowest BCUT2D eigenvalue weighted by Crippen LogP contribution is -2.26. The third kappa shape index (κ3) is 3.01. The van der Waals surface area contributed by atoms with Gasteiger partial charge in [-0.1, -0.05) is 56.4 Å². The van der Waals surface area contributed by atoms with Gasteiger partial charge in [0.25, 0.3) is 0 Å². The first kappa shape index (κ1) is 17.5. The third-order valence-electron chi connectivity index (χ3n) is 5.23. The van der Waals surface area contributed by atoms with Crippen LogP contribution in [-0.2, 0) is 6.42 Å². The molecule has 0 unspecified atom stereocenters. The van der Waals surface area contributed by atoms with Gasteiger partial charge in [-0.15, -0.1) is 5.10 Å². The summed E-state index contributed by atoms with van der Waals surface area (Å²) in [6.45, 7) is 8.57. The fraction of sp³-hybridized carbons (Fsp3) is 0.500. The standard InChI is InChI=1S/C20H26N4OS/c1-4-16-21-20-24(22-16)19(25)18(26-20)17(23-11-5-6-12-23)15-9-7-14(8-10-15)13(2)3/h7-10,13,17,25H,4-6,11-12H2,1-3H3/t17-/m1/s1. The number of aryl methyl sites for hydroxylation is 1. The van der Waals surface area contributed by atoms with Crippen molar-refractivity contribution in [3.8, 4) is 5.88 Å². The van der Waals surface area contributed by atoms with E-state index in [1.54, 1.807) is 15.9 Å². The number of nitrogens with zero attached hydrogens (tertiary/aromatic N) is 4. The Balaban J connectivity index is 1.78. The van der Waals surface area contributed by atoms with E-state index in [9.17, 15) is 5.11 Å². The van der Waals surface area contributed by atoms with E-state index in [0.717, 1.165) is 35.2 Å². The molecule has 3 heterocycles. The number of benzene rings is 1. The van der Waals surface area contributed by atoms with Crippen molar-refractivity contribution in [1.82, 2.24) is 19.5 Å². The Morgan fingerprint density at radius 2 is 1.77 bits per heavy atom. The summed E-state index contributed by atoms with van der Waals surface area (Å²) >= 11 is 1.56. The highest BCUT2D eigenvalue weighted by Gasteiger charge is 2.31. The molecular weight excluding hydrogens is 344 g/mol. The summed E-state index contributed by atoms with van der Waals surface area (Å²) in [5.74, 6) is 1.53. The predicted octanol–water partition coefficient (Wildman–Crippen LogP) is 4.37. The molecule has 0 spiro atoms. The van der Waals surface area contributed by atoms with Crippen LogP contribution < -0.4 is 0 Å². The van der Waals surface area contributed by atoms with E-state index in [4.69, 9.17) is 0 Å². The number of hydrogen-bond donors (Lipinski definition) is 1. The van der Waals surface area contributed by atoms with E-state index < -0.39 is 0 Å². The van der Waals surface area contributed by atoms with Crippen molar-refractivity contribution in [3.05, 3.63) is 46.1 Å². The highest BCUT2D eigenvalue weighted by Crippen LogP contribution is 2.41. The number of likely N-dealkylation sites (tertiary alicyclic amines) is 1. The molecule has 0 saturated carbocycles. The number of rotatable bonds is 5. The minimum Gasteiger partial charge on any atom is -0.492 e. The molecule has 1 saturated heterocycles. The van der Waals surface area contributed by atoms with Gasteiger partial charge in [-0.05, 0) is 43.0 Å². The van der Waals surface area contributed by atoms with Crippen LogP contribution in [0.3, 0.4) is 0 Å². The summed E-state index contributed by atoms with van der Waals surface area (Å²) in [5.41, 5.74) is 2.57. The van der Waals surface area contributed by atoms with E-state index in [0.29, 0.717) is 5.92 Å². The van der Waals surface area contributed by atoms with Gasteiger partial charge in [0.15, 0.2) is 5.82 Å². The summed E-state index contributed by atoms with van der Waals surface area (Å²) < 4.78 is 1.60. The van der Waals surface area contributed by atoms with Crippen LogP contribution in [0.15, 0.2) is 24.3 Å². The van der Waals surface area contributed by atoms with Gasteiger partial charge in [0.2, 0.25) is 10.8 Å². The van der Waals surface area contributed by atoms with Gasteiger partial charge in [-0.3, -0.25) is 4.90 Å². The smallest absolute Gasteiger partial charge is 0.230 e. The van der Waals surface area contributed by atoms with E-state index in [-0.39, 0.29) is 11.9 Å². The lowest BCUT2D eigenvalue weighted by Gasteiger charge is -2.27. The zero-order chi connectivity index (χ0) is 18.3. The Bertz CT molecular complexity index is 891. The average molecular weight is 371 g/mol. The summed E-state index contributed by atoms with van der Waals surface area (Å²) in [5, 5.41) is 15.3. The van der Waals surface area contributed by atoms with Gasteiger partial charge in [0, 0.05) is 6.42 Å². The fourth-order valence-electron chi connectivity index (χ4n) is 3.71. The van der Waals surface area contributed by atoms with Crippen molar-refractivity contribution < 1.29 is 5.11 Å². The molecule has 0 bridgehead atoms. The predicted molar refractivity (Wildman–Crippen MR) is 105 cm³/mol. The Kier molecular flexibility index (Phi) is 4.71. The quantitative estimate of drug-likeness (QED) is 0.725. The van der Waals surface area contributed by atoms with Crippen molar-refractivity contribution in [1.29, 1.82) is 0 Å². The van der Waals surface area contributed by atoms with Gasteiger partial charge in [-0.2, -0.15) is 4.52 Å². The van der Waals surface area contributed by atoms with E-state index in [2.05, 4.69) is 53.1 Å². The molecule has 26 heavy (non-hydrogen) atoms. The highest BCUT2D eigenvalue weighted by molar-refractivity contribution is 7.17. The van der Waals surface area contributed by atoms with Gasteiger partial charge >= 0.3 is 0 Å². The maximum Gasteiger partial charge on any atom is 0.230 e. The number of aromatic hydroxyl groups is 1. The first-order chi connectivity index (χ1) is 12.6. The Hall–Kier alpha value is -1.92. The fourth-order valence-corrected chi connectivity index (χ4v) is 4.85. The molecule has 3 aromatic rings. The van der Waals surface area contributed by atoms with Gasteiger partial charge < -0.3 is 5.11 Å². The van der Waals surface area contributed by atoms with Crippen LogP contribution in [-0.4, -0.2) is 37.7 Å². The average Bonchev–Trinajstić information content (AvgIpc) is 3.35. The molecule has 4 rings (SSSR count). The Morgan fingerprint density at radius 3 is 2.35 bits per heavy atom. The second-order valence-corrected chi connectivity index (χ2v) is 8.34. The first-order valence-corrected chi connectivity index (χ1v) is 10.3. The van der Waals surface area contributed by atoms with Crippen LogP contribution in [0.1, 0.15) is 67.4 Å². The molecule has 5 nitrogen and oxygen atoms in total. The third-order valence-corrected chi connectivity index (χ3v) is 6.31. The summed E-state index contributed by atoms with van der Waals surface area (Å²) in [6.07, 6.45) is 3.19. The van der Waals surface area contributed by atoms with E-state index >= 15 is 0 Å². The molecule has 1 aromatic carbocycles. The molecule has 0 aliphatic carbocycles. The maximum absolute atomic E-state index is 10.9. The van der Waals surface area contributed by atoms with Crippen LogP contribution >= 0.6 is 11.3 Å². The van der Waals surface area contributed by atoms with Gasteiger partial charge in [0.1, 0.15) is 0 Å². The molecule has 1 aliphatic heterocycles. The topological polar surface area (TPSA) is 53.7 Å².